The minimum absolute atomic E-state index is 0.0396. The lowest BCUT2D eigenvalue weighted by Crippen LogP contribution is -2.46. The van der Waals surface area contributed by atoms with Gasteiger partial charge in [0, 0.05) is 36.0 Å². The first-order valence-electron chi connectivity index (χ1n) is 11.1. The van der Waals surface area contributed by atoms with Crippen LogP contribution in [0.5, 0.6) is 0 Å². The molecule has 33 heavy (non-hydrogen) atoms. The molecule has 7 nitrogen and oxygen atoms in total. The predicted octanol–water partition coefficient (Wildman–Crippen LogP) is 3.49. The Labute approximate surface area is 194 Å². The predicted molar refractivity (Wildman–Crippen MR) is 126 cm³/mol. The minimum atomic E-state index is -0.407. The zero-order valence-electron chi connectivity index (χ0n) is 19.0. The molecule has 2 spiro atoms. The summed E-state index contributed by atoms with van der Waals surface area (Å²) in [6.07, 6.45) is 9.28. The third-order valence-electron chi connectivity index (χ3n) is 7.26. The van der Waals surface area contributed by atoms with Crippen LogP contribution < -0.4 is 5.73 Å². The number of aliphatic imine (C=N–C) groups is 1. The Morgan fingerprint density at radius 1 is 1.24 bits per heavy atom. The Bertz CT molecular complexity index is 1130. The smallest absolute Gasteiger partial charge is 0.290 e. The van der Waals surface area contributed by atoms with E-state index in [0.717, 1.165) is 48.8 Å². The van der Waals surface area contributed by atoms with Crippen molar-refractivity contribution >= 4 is 12.5 Å². The van der Waals surface area contributed by atoms with Gasteiger partial charge in [-0.2, -0.15) is 0 Å². The normalized spacial score (nSPS) is 27.0. The summed E-state index contributed by atoms with van der Waals surface area (Å²) >= 11 is 0. The van der Waals surface area contributed by atoms with Gasteiger partial charge < -0.3 is 20.3 Å². The van der Waals surface area contributed by atoms with Gasteiger partial charge in [-0.15, -0.1) is 5.92 Å². The molecule has 1 aromatic heterocycles. The van der Waals surface area contributed by atoms with Crippen LogP contribution in [0.25, 0.3) is 11.1 Å². The van der Waals surface area contributed by atoms with Gasteiger partial charge >= 0.3 is 0 Å². The third-order valence-corrected chi connectivity index (χ3v) is 7.26. The van der Waals surface area contributed by atoms with E-state index in [2.05, 4.69) is 41.1 Å². The molecule has 172 valence electrons. The van der Waals surface area contributed by atoms with Crippen molar-refractivity contribution in [2.75, 3.05) is 13.7 Å². The Morgan fingerprint density at radius 3 is 2.64 bits per heavy atom. The first-order valence-corrected chi connectivity index (χ1v) is 11.1. The largest absolute Gasteiger partial charge is 0.483 e. The Kier molecular flexibility index (Phi) is 6.39. The molecule has 1 unspecified atom stereocenters. The highest BCUT2D eigenvalue weighted by Crippen LogP contribution is 2.61. The SMILES string of the molecule is CC#Cc1cncc(-c2ccc3c(c2)C2(COC(N)=N2)C2(CCC(OC)CC2)C3)c1.O=CO. The summed E-state index contributed by atoms with van der Waals surface area (Å²) in [6.45, 7) is 2.11. The fourth-order valence-corrected chi connectivity index (χ4v) is 5.71. The second-order valence-electron chi connectivity index (χ2n) is 8.81. The molecule has 2 heterocycles. The monoisotopic (exact) mass is 447 g/mol. The van der Waals surface area contributed by atoms with Crippen molar-refractivity contribution in [1.29, 1.82) is 0 Å². The fourth-order valence-electron chi connectivity index (χ4n) is 5.71. The average molecular weight is 448 g/mol. The Balaban J connectivity index is 0.000000821. The van der Waals surface area contributed by atoms with E-state index >= 15 is 0 Å². The lowest BCUT2D eigenvalue weighted by molar-refractivity contribution is -0.122. The van der Waals surface area contributed by atoms with Crippen molar-refractivity contribution in [3.05, 3.63) is 53.3 Å². The number of aromatic nitrogens is 1. The van der Waals surface area contributed by atoms with Gasteiger partial charge in [0.05, 0.1) is 6.10 Å². The standard InChI is InChI=1S/C25H27N3O2.CH2O2/c1-3-4-17-11-20(15-27-14-17)18-5-6-19-13-24(9-7-21(29-2)8-10-24)25(22(19)12-18)16-30-23(26)28-25;2-1-3/h5-6,11-12,14-15,21H,7-10,13,16H2,1-2H3,(H2,26,28);1H,(H,2,3). The summed E-state index contributed by atoms with van der Waals surface area (Å²) in [5.41, 5.74) is 11.4. The molecule has 0 saturated heterocycles. The zero-order valence-corrected chi connectivity index (χ0v) is 19.0. The first kappa shape index (κ1) is 22.8. The number of fused-ring (bicyclic) bond motifs is 3. The number of hydrogen-bond donors (Lipinski definition) is 2. The highest BCUT2D eigenvalue weighted by molar-refractivity contribution is 5.76. The fraction of sp³-hybridized carbons (Fsp3) is 0.423. The molecule has 1 aliphatic heterocycles. The van der Waals surface area contributed by atoms with Crippen molar-refractivity contribution in [2.24, 2.45) is 16.1 Å². The quantitative estimate of drug-likeness (QED) is 0.539. The number of ether oxygens (including phenoxy) is 2. The van der Waals surface area contributed by atoms with E-state index in [0.29, 0.717) is 18.7 Å². The first-order chi connectivity index (χ1) is 16.0. The van der Waals surface area contributed by atoms with E-state index in [1.807, 2.05) is 20.2 Å². The van der Waals surface area contributed by atoms with Crippen LogP contribution in [0, 0.1) is 17.3 Å². The molecular formula is C26H29N3O4. The number of pyridine rings is 1. The molecule has 0 radical (unpaired) electrons. The minimum Gasteiger partial charge on any atom is -0.483 e. The van der Waals surface area contributed by atoms with Crippen molar-refractivity contribution in [2.45, 2.75) is 50.7 Å². The third kappa shape index (κ3) is 3.96. The summed E-state index contributed by atoms with van der Waals surface area (Å²) in [5.74, 6) is 6.05. The summed E-state index contributed by atoms with van der Waals surface area (Å²) in [4.78, 5) is 17.7. The summed E-state index contributed by atoms with van der Waals surface area (Å²) in [6, 6.07) is 9.12. The van der Waals surface area contributed by atoms with Gasteiger partial charge in [-0.3, -0.25) is 9.78 Å². The van der Waals surface area contributed by atoms with Crippen molar-refractivity contribution in [1.82, 2.24) is 4.98 Å². The molecule has 1 aromatic carbocycles. The van der Waals surface area contributed by atoms with Gasteiger partial charge in [0.2, 0.25) is 0 Å². The van der Waals surface area contributed by atoms with Gasteiger partial charge in [-0.1, -0.05) is 18.1 Å². The lowest BCUT2D eigenvalue weighted by atomic mass is 9.62. The van der Waals surface area contributed by atoms with Crippen LogP contribution >= 0.6 is 0 Å². The maximum Gasteiger partial charge on any atom is 0.290 e. The summed E-state index contributed by atoms with van der Waals surface area (Å²) < 4.78 is 11.4. The highest BCUT2D eigenvalue weighted by Gasteiger charge is 2.61. The number of nitrogens with zero attached hydrogens (tertiary/aromatic N) is 2. The molecule has 7 heteroatoms. The molecule has 3 aliphatic rings. The molecule has 1 saturated carbocycles. The van der Waals surface area contributed by atoms with Gasteiger partial charge in [-0.25, -0.2) is 4.99 Å². The molecule has 0 bridgehead atoms. The van der Waals surface area contributed by atoms with Crippen molar-refractivity contribution < 1.29 is 19.4 Å². The van der Waals surface area contributed by atoms with Crippen molar-refractivity contribution in [3.8, 4) is 23.0 Å². The van der Waals surface area contributed by atoms with Gasteiger partial charge in [-0.05, 0) is 67.9 Å². The van der Waals surface area contributed by atoms with E-state index in [-0.39, 0.29) is 11.9 Å². The molecule has 2 aromatic rings. The molecule has 0 amide bonds. The van der Waals surface area contributed by atoms with Crippen LogP contribution in [-0.4, -0.2) is 42.4 Å². The average Bonchev–Trinajstić information content (AvgIpc) is 3.34. The van der Waals surface area contributed by atoms with E-state index in [1.165, 1.54) is 11.1 Å². The maximum atomic E-state index is 8.36. The number of benzene rings is 1. The van der Waals surface area contributed by atoms with Crippen LogP contribution in [0.3, 0.4) is 0 Å². The number of rotatable bonds is 2. The lowest BCUT2D eigenvalue weighted by Gasteiger charge is -2.45. The second kappa shape index (κ2) is 9.24. The van der Waals surface area contributed by atoms with Crippen LogP contribution in [0.4, 0.5) is 0 Å². The number of carboxylic acid groups (broad SMARTS) is 1. The number of amidine groups is 1. The summed E-state index contributed by atoms with van der Waals surface area (Å²) in [7, 11) is 1.81. The molecule has 2 aliphatic carbocycles. The van der Waals surface area contributed by atoms with Crippen LogP contribution in [0.15, 0.2) is 41.7 Å². The Hall–Kier alpha value is -3.37. The van der Waals surface area contributed by atoms with Crippen molar-refractivity contribution in [3.63, 3.8) is 0 Å². The number of methoxy groups -OCH3 is 1. The number of nitrogens with two attached hydrogens (primary N) is 1. The molecule has 1 atom stereocenters. The highest BCUT2D eigenvalue weighted by atomic mass is 16.5. The topological polar surface area (TPSA) is 107 Å². The number of carbonyl (C=O) groups is 1. The van der Waals surface area contributed by atoms with Crippen LogP contribution in [-0.2, 0) is 26.2 Å². The van der Waals surface area contributed by atoms with Crippen LogP contribution in [0.1, 0.15) is 49.3 Å². The zero-order chi connectivity index (χ0) is 23.5. The van der Waals surface area contributed by atoms with E-state index in [1.54, 1.807) is 6.20 Å². The van der Waals surface area contributed by atoms with E-state index < -0.39 is 5.54 Å². The summed E-state index contributed by atoms with van der Waals surface area (Å²) in [5, 5.41) is 6.89. The van der Waals surface area contributed by atoms with Crippen LogP contribution in [0.2, 0.25) is 0 Å². The van der Waals surface area contributed by atoms with Gasteiger partial charge in [0.1, 0.15) is 12.1 Å². The van der Waals surface area contributed by atoms with E-state index in [9.17, 15) is 0 Å². The molecular weight excluding hydrogens is 418 g/mol. The van der Waals surface area contributed by atoms with Gasteiger partial charge in [0.15, 0.2) is 0 Å². The second-order valence-corrected chi connectivity index (χ2v) is 8.81. The Morgan fingerprint density at radius 2 is 2.00 bits per heavy atom. The maximum absolute atomic E-state index is 8.36. The molecule has 5 rings (SSSR count). The molecule has 1 fully saturated rings. The molecule has 3 N–H and O–H groups in total. The number of hydrogen-bond acceptors (Lipinski definition) is 6. The van der Waals surface area contributed by atoms with Gasteiger partial charge in [0.25, 0.3) is 12.5 Å². The van der Waals surface area contributed by atoms with E-state index in [4.69, 9.17) is 30.1 Å².